The third-order valence-corrected chi connectivity index (χ3v) is 6.36. The number of benzene rings is 1. The number of carbonyl (C=O) groups excluding carboxylic acids is 2. The van der Waals surface area contributed by atoms with Crippen molar-refractivity contribution >= 4 is 28.8 Å². The normalized spacial score (nSPS) is 14.7. The third kappa shape index (κ3) is 4.28. The van der Waals surface area contributed by atoms with E-state index in [4.69, 9.17) is 4.52 Å². The van der Waals surface area contributed by atoms with Crippen molar-refractivity contribution in [1.82, 2.24) is 15.0 Å². The molecule has 0 unspecified atom stereocenters. The maximum Gasteiger partial charge on any atom is 0.264 e. The minimum absolute atomic E-state index is 0.0417. The topological polar surface area (TPSA) is 88.3 Å². The number of nitrogens with one attached hydrogen (secondary N) is 1. The molecule has 0 aliphatic carbocycles. The fourth-order valence-electron chi connectivity index (χ4n) is 3.57. The van der Waals surface area contributed by atoms with Crippen LogP contribution in [0.3, 0.4) is 0 Å². The zero-order valence-corrected chi connectivity index (χ0v) is 17.9. The second kappa shape index (κ2) is 8.79. The summed E-state index contributed by atoms with van der Waals surface area (Å²) < 4.78 is 5.54. The van der Waals surface area contributed by atoms with Crippen LogP contribution >= 0.6 is 11.3 Å². The predicted molar refractivity (Wildman–Crippen MR) is 116 cm³/mol. The van der Waals surface area contributed by atoms with Crippen molar-refractivity contribution in [3.05, 3.63) is 52.0 Å². The Balaban J connectivity index is 1.41. The van der Waals surface area contributed by atoms with E-state index in [1.807, 2.05) is 54.5 Å². The third-order valence-electron chi connectivity index (χ3n) is 5.36. The summed E-state index contributed by atoms with van der Waals surface area (Å²) in [4.78, 5) is 31.6. The average Bonchev–Trinajstić information content (AvgIpc) is 3.43. The second-order valence-electron chi connectivity index (χ2n) is 7.44. The molecule has 2 amide bonds. The van der Waals surface area contributed by atoms with Gasteiger partial charge >= 0.3 is 0 Å². The van der Waals surface area contributed by atoms with E-state index in [9.17, 15) is 9.59 Å². The first-order valence-corrected chi connectivity index (χ1v) is 11.0. The number of amides is 2. The van der Waals surface area contributed by atoms with E-state index < -0.39 is 0 Å². The summed E-state index contributed by atoms with van der Waals surface area (Å²) in [5.41, 5.74) is 2.53. The molecule has 0 bridgehead atoms. The van der Waals surface area contributed by atoms with Gasteiger partial charge in [-0.2, -0.15) is 4.98 Å². The molecule has 7 nitrogen and oxygen atoms in total. The standard InChI is InChI=1S/C22H24N4O3S/c1-3-18(27)23-17-6-4-5-16(13-17)20-24-21(29-25-20)15-7-10-26(11-8-15)22(28)19-14(2)9-12-30-19/h4-6,9,12-13,15H,3,7-8,10-11H2,1-2H3,(H,23,27). The van der Waals surface area contributed by atoms with Crippen molar-refractivity contribution in [2.45, 2.75) is 39.0 Å². The number of nitrogens with zero attached hydrogens (tertiary/aromatic N) is 3. The summed E-state index contributed by atoms with van der Waals surface area (Å²) in [6.07, 6.45) is 2.01. The highest BCUT2D eigenvalue weighted by molar-refractivity contribution is 7.12. The van der Waals surface area contributed by atoms with Crippen LogP contribution in [0.15, 0.2) is 40.2 Å². The van der Waals surface area contributed by atoms with E-state index in [0.29, 0.717) is 36.9 Å². The van der Waals surface area contributed by atoms with Crippen molar-refractivity contribution in [3.63, 3.8) is 0 Å². The van der Waals surface area contributed by atoms with Gasteiger partial charge in [0.2, 0.25) is 17.6 Å². The van der Waals surface area contributed by atoms with Gasteiger partial charge in [-0.25, -0.2) is 0 Å². The van der Waals surface area contributed by atoms with Gasteiger partial charge in [-0.3, -0.25) is 9.59 Å². The van der Waals surface area contributed by atoms with Gasteiger partial charge in [0.05, 0.1) is 4.88 Å². The molecule has 0 radical (unpaired) electrons. The Morgan fingerprint density at radius 3 is 2.77 bits per heavy atom. The van der Waals surface area contributed by atoms with E-state index in [1.165, 1.54) is 11.3 Å². The molecule has 1 saturated heterocycles. The Labute approximate surface area is 179 Å². The number of rotatable bonds is 5. The number of hydrogen-bond acceptors (Lipinski definition) is 6. The molecule has 0 spiro atoms. The van der Waals surface area contributed by atoms with Gasteiger partial charge in [-0.1, -0.05) is 24.2 Å². The minimum atomic E-state index is -0.0417. The smallest absolute Gasteiger partial charge is 0.264 e. The molecule has 1 aliphatic rings. The molecule has 0 atom stereocenters. The highest BCUT2D eigenvalue weighted by Crippen LogP contribution is 2.30. The minimum Gasteiger partial charge on any atom is -0.339 e. The van der Waals surface area contributed by atoms with Gasteiger partial charge in [-0.05, 0) is 48.9 Å². The van der Waals surface area contributed by atoms with Crippen LogP contribution in [0, 0.1) is 6.92 Å². The molecule has 1 aliphatic heterocycles. The highest BCUT2D eigenvalue weighted by atomic mass is 32.1. The number of hydrogen-bond donors (Lipinski definition) is 1. The van der Waals surface area contributed by atoms with Gasteiger partial charge in [0.1, 0.15) is 0 Å². The Kier molecular flexibility index (Phi) is 5.94. The van der Waals surface area contributed by atoms with Crippen molar-refractivity contribution in [2.75, 3.05) is 18.4 Å². The monoisotopic (exact) mass is 424 g/mol. The predicted octanol–water partition coefficient (Wildman–Crippen LogP) is 4.47. The molecular formula is C22H24N4O3S. The number of likely N-dealkylation sites (tertiary alicyclic amines) is 1. The number of aromatic nitrogens is 2. The van der Waals surface area contributed by atoms with Crippen LogP contribution in [0.4, 0.5) is 5.69 Å². The fourth-order valence-corrected chi connectivity index (χ4v) is 4.46. The van der Waals surface area contributed by atoms with E-state index >= 15 is 0 Å². The molecule has 8 heteroatoms. The number of anilines is 1. The fraction of sp³-hybridized carbons (Fsp3) is 0.364. The molecule has 3 aromatic rings. The lowest BCUT2D eigenvalue weighted by Gasteiger charge is -2.30. The van der Waals surface area contributed by atoms with Crippen LogP contribution in [-0.2, 0) is 4.79 Å². The van der Waals surface area contributed by atoms with Crippen molar-refractivity contribution in [2.24, 2.45) is 0 Å². The number of carbonyl (C=O) groups is 2. The zero-order valence-electron chi connectivity index (χ0n) is 17.1. The first kappa shape index (κ1) is 20.3. The molecule has 1 fully saturated rings. The van der Waals surface area contributed by atoms with Crippen LogP contribution in [0.5, 0.6) is 0 Å². The molecule has 4 rings (SSSR count). The summed E-state index contributed by atoms with van der Waals surface area (Å²) in [7, 11) is 0. The lowest BCUT2D eigenvalue weighted by atomic mass is 9.96. The molecule has 156 valence electrons. The maximum atomic E-state index is 12.7. The first-order chi connectivity index (χ1) is 14.5. The number of thiophene rings is 1. The molecule has 3 heterocycles. The van der Waals surface area contributed by atoms with Crippen LogP contribution < -0.4 is 5.32 Å². The second-order valence-corrected chi connectivity index (χ2v) is 8.35. The highest BCUT2D eigenvalue weighted by Gasteiger charge is 2.29. The summed E-state index contributed by atoms with van der Waals surface area (Å²) in [5, 5.41) is 8.93. The maximum absolute atomic E-state index is 12.7. The van der Waals surface area contributed by atoms with Crippen molar-refractivity contribution in [3.8, 4) is 11.4 Å². The number of piperidine rings is 1. The van der Waals surface area contributed by atoms with Gasteiger partial charge < -0.3 is 14.7 Å². The Bertz CT molecular complexity index is 1050. The SMILES string of the molecule is CCC(=O)Nc1cccc(-c2noc(C3CCN(C(=O)c4sccc4C)CC3)n2)c1. The average molecular weight is 425 g/mol. The molecular weight excluding hydrogens is 400 g/mol. The summed E-state index contributed by atoms with van der Waals surface area (Å²) in [5.74, 6) is 1.32. The van der Waals surface area contributed by atoms with Crippen LogP contribution in [-0.4, -0.2) is 39.9 Å². The van der Waals surface area contributed by atoms with Crippen LogP contribution in [0.25, 0.3) is 11.4 Å². The van der Waals surface area contributed by atoms with Crippen molar-refractivity contribution in [1.29, 1.82) is 0 Å². The molecule has 1 aromatic carbocycles. The quantitative estimate of drug-likeness (QED) is 0.653. The molecule has 30 heavy (non-hydrogen) atoms. The largest absolute Gasteiger partial charge is 0.339 e. The summed E-state index contributed by atoms with van der Waals surface area (Å²) >= 11 is 1.50. The summed E-state index contributed by atoms with van der Waals surface area (Å²) in [6.45, 7) is 5.14. The molecule has 1 N–H and O–H groups in total. The van der Waals surface area contributed by atoms with Gasteiger partial charge in [0, 0.05) is 36.7 Å². The van der Waals surface area contributed by atoms with Gasteiger partial charge in [-0.15, -0.1) is 11.3 Å². The lowest BCUT2D eigenvalue weighted by Crippen LogP contribution is -2.37. The Hall–Kier alpha value is -3.00. The van der Waals surface area contributed by atoms with E-state index in [1.54, 1.807) is 0 Å². The van der Waals surface area contributed by atoms with Crippen molar-refractivity contribution < 1.29 is 14.1 Å². The van der Waals surface area contributed by atoms with E-state index in [2.05, 4.69) is 15.5 Å². The summed E-state index contributed by atoms with van der Waals surface area (Å²) in [6, 6.07) is 9.40. The first-order valence-electron chi connectivity index (χ1n) is 10.1. The zero-order chi connectivity index (χ0) is 21.1. The molecule has 0 saturated carbocycles. The van der Waals surface area contributed by atoms with E-state index in [0.717, 1.165) is 28.8 Å². The van der Waals surface area contributed by atoms with Crippen LogP contribution in [0.2, 0.25) is 0 Å². The van der Waals surface area contributed by atoms with E-state index in [-0.39, 0.29) is 17.7 Å². The Morgan fingerprint density at radius 2 is 2.07 bits per heavy atom. The van der Waals surface area contributed by atoms with Gasteiger partial charge in [0.25, 0.3) is 5.91 Å². The molecule has 2 aromatic heterocycles. The Morgan fingerprint density at radius 1 is 1.27 bits per heavy atom. The van der Waals surface area contributed by atoms with Gasteiger partial charge in [0.15, 0.2) is 0 Å². The number of aryl methyl sites for hydroxylation is 1. The lowest BCUT2D eigenvalue weighted by molar-refractivity contribution is -0.115. The van der Waals surface area contributed by atoms with Crippen LogP contribution in [0.1, 0.15) is 53.2 Å².